The molecule has 34 heavy (non-hydrogen) atoms. The molecule has 1 fully saturated rings. The maximum Gasteiger partial charge on any atom is 0.337 e. The third-order valence-corrected chi connectivity index (χ3v) is 9.23. The molecule has 9 heteroatoms. The number of alkyl halides is 1. The largest absolute Gasteiger partial charge is 0.478 e. The number of para-hydroxylation sites is 2. The second-order valence-corrected chi connectivity index (χ2v) is 11.2. The van der Waals surface area contributed by atoms with E-state index in [-0.39, 0.29) is 44.7 Å². The van der Waals surface area contributed by atoms with Crippen molar-refractivity contribution in [1.29, 1.82) is 0 Å². The average Bonchev–Trinajstić information content (AvgIpc) is 3.14. The van der Waals surface area contributed by atoms with Gasteiger partial charge in [-0.25, -0.2) is 4.79 Å². The third-order valence-electron chi connectivity index (χ3n) is 6.63. The zero-order valence-electron chi connectivity index (χ0n) is 17.7. The Morgan fingerprint density at radius 3 is 2.65 bits per heavy atom. The van der Waals surface area contributed by atoms with Gasteiger partial charge in [-0.3, -0.25) is 10.1 Å². The molecule has 0 unspecified atom stereocenters. The van der Waals surface area contributed by atoms with E-state index in [2.05, 4.69) is 21.2 Å². The number of nitro benzene ring substituents is 1. The van der Waals surface area contributed by atoms with Crippen molar-refractivity contribution >= 4 is 56.6 Å². The Morgan fingerprint density at radius 1 is 1.15 bits per heavy atom. The van der Waals surface area contributed by atoms with Crippen LogP contribution in [0.15, 0.2) is 76.1 Å². The van der Waals surface area contributed by atoms with Crippen LogP contribution in [0, 0.1) is 16.0 Å². The van der Waals surface area contributed by atoms with Crippen molar-refractivity contribution in [2.24, 2.45) is 5.92 Å². The van der Waals surface area contributed by atoms with E-state index >= 15 is 0 Å². The highest BCUT2D eigenvalue weighted by Crippen LogP contribution is 2.58. The van der Waals surface area contributed by atoms with Crippen molar-refractivity contribution in [2.75, 3.05) is 5.32 Å². The lowest BCUT2D eigenvalue weighted by Gasteiger charge is -2.39. The Kier molecular flexibility index (Phi) is 6.31. The van der Waals surface area contributed by atoms with Crippen LogP contribution in [0.4, 0.5) is 11.4 Å². The molecule has 1 aliphatic carbocycles. The number of hydrogen-bond acceptors (Lipinski definition) is 5. The van der Waals surface area contributed by atoms with Crippen LogP contribution in [0.2, 0.25) is 0 Å². The van der Waals surface area contributed by atoms with Gasteiger partial charge in [0.05, 0.1) is 32.5 Å². The molecule has 0 radical (unpaired) electrons. The molecule has 0 amide bonds. The van der Waals surface area contributed by atoms with E-state index < -0.39 is 5.97 Å². The smallest absolute Gasteiger partial charge is 0.337 e. The molecule has 2 aliphatic rings. The number of benzene rings is 3. The maximum absolute atomic E-state index is 12.0. The number of nitrogens with one attached hydrogen (secondary N) is 1. The SMILES string of the molecule is O=C(O)c1cccc2c1N[C@@H](c1cccc(Br)c1)[C@H]1C[C@@H](Sc3ccccc3[N+](=O)[O-])[C@@H](Cl)[C@@H]21. The van der Waals surface area contributed by atoms with Crippen LogP contribution in [0.3, 0.4) is 0 Å². The first-order chi connectivity index (χ1) is 16.3. The monoisotopic (exact) mass is 558 g/mol. The Labute approximate surface area is 214 Å². The lowest BCUT2D eigenvalue weighted by molar-refractivity contribution is -0.387. The van der Waals surface area contributed by atoms with Gasteiger partial charge in [-0.1, -0.05) is 52.3 Å². The van der Waals surface area contributed by atoms with Gasteiger partial charge in [0.15, 0.2) is 0 Å². The number of thioether (sulfide) groups is 1. The van der Waals surface area contributed by atoms with E-state index in [9.17, 15) is 20.0 Å². The molecular formula is C25H20BrClN2O4S. The molecule has 1 heterocycles. The molecule has 174 valence electrons. The zero-order chi connectivity index (χ0) is 24.0. The Bertz CT molecular complexity index is 1290. The molecule has 0 bridgehead atoms. The van der Waals surface area contributed by atoms with E-state index in [1.165, 1.54) is 17.8 Å². The van der Waals surface area contributed by atoms with Crippen molar-refractivity contribution in [2.45, 2.75) is 33.9 Å². The van der Waals surface area contributed by atoms with Gasteiger partial charge < -0.3 is 10.4 Å². The minimum absolute atomic E-state index is 0.0708. The first-order valence-electron chi connectivity index (χ1n) is 10.8. The molecule has 1 aliphatic heterocycles. The minimum atomic E-state index is -0.995. The highest BCUT2D eigenvalue weighted by molar-refractivity contribution is 9.10. The van der Waals surface area contributed by atoms with Crippen molar-refractivity contribution in [3.63, 3.8) is 0 Å². The van der Waals surface area contributed by atoms with Crippen molar-refractivity contribution in [3.8, 4) is 0 Å². The van der Waals surface area contributed by atoms with Crippen LogP contribution in [-0.2, 0) is 0 Å². The summed E-state index contributed by atoms with van der Waals surface area (Å²) in [5.74, 6) is -0.999. The first kappa shape index (κ1) is 23.2. The summed E-state index contributed by atoms with van der Waals surface area (Å²) in [6.07, 6.45) is 0.733. The molecule has 3 aromatic carbocycles. The number of nitrogens with zero attached hydrogens (tertiary/aromatic N) is 1. The molecule has 1 saturated carbocycles. The molecule has 2 N–H and O–H groups in total. The molecule has 0 saturated heterocycles. The average molecular weight is 560 g/mol. The first-order valence-corrected chi connectivity index (χ1v) is 12.9. The fourth-order valence-electron chi connectivity index (χ4n) is 5.22. The molecule has 5 atom stereocenters. The molecule has 0 spiro atoms. The molecule has 0 aromatic heterocycles. The molecule has 5 rings (SSSR count). The Morgan fingerprint density at radius 2 is 1.91 bits per heavy atom. The van der Waals surface area contributed by atoms with Gasteiger partial charge in [0.2, 0.25) is 0 Å². The van der Waals surface area contributed by atoms with Crippen LogP contribution in [0.25, 0.3) is 0 Å². The molecule has 6 nitrogen and oxygen atoms in total. The summed E-state index contributed by atoms with van der Waals surface area (Å²) in [4.78, 5) is 23.8. The number of anilines is 1. The van der Waals surface area contributed by atoms with Gasteiger partial charge in [0.25, 0.3) is 5.69 Å². The number of carboxylic acid groups (broad SMARTS) is 1. The standard InChI is InChI=1S/C25H20BrClN2O4S/c26-14-6-3-5-13(11-14)23-17-12-20(34-19-10-2-1-9-18(19)29(32)33)22(27)21(17)15-7-4-8-16(25(30)31)24(15)28-23/h1-11,17,20-23,28H,12H2,(H,30,31)/t17-,20+,21-,22+,23-/m0/s1. The summed E-state index contributed by atoms with van der Waals surface area (Å²) in [7, 11) is 0. The highest BCUT2D eigenvalue weighted by atomic mass is 79.9. The van der Waals surface area contributed by atoms with E-state index in [1.807, 2.05) is 30.3 Å². The summed E-state index contributed by atoms with van der Waals surface area (Å²) in [5.41, 5.74) is 2.82. The number of nitro groups is 1. The van der Waals surface area contributed by atoms with Crippen LogP contribution >= 0.6 is 39.3 Å². The van der Waals surface area contributed by atoms with Gasteiger partial charge in [-0.15, -0.1) is 23.4 Å². The number of fused-ring (bicyclic) bond motifs is 3. The van der Waals surface area contributed by atoms with Crippen LogP contribution in [-0.4, -0.2) is 26.6 Å². The fourth-order valence-corrected chi connectivity index (χ4v) is 7.58. The number of aromatic carboxylic acids is 1. The van der Waals surface area contributed by atoms with Crippen molar-refractivity contribution < 1.29 is 14.8 Å². The maximum atomic E-state index is 12.0. The zero-order valence-corrected chi connectivity index (χ0v) is 20.9. The van der Waals surface area contributed by atoms with Crippen molar-refractivity contribution in [1.82, 2.24) is 0 Å². The molecule has 3 aromatic rings. The Hall–Kier alpha value is -2.55. The number of hydrogen-bond donors (Lipinski definition) is 2. The van der Waals surface area contributed by atoms with Gasteiger partial charge in [-0.2, -0.15) is 0 Å². The second kappa shape index (κ2) is 9.24. The second-order valence-electron chi connectivity index (χ2n) is 8.50. The highest BCUT2D eigenvalue weighted by Gasteiger charge is 2.51. The van der Waals surface area contributed by atoms with E-state index in [4.69, 9.17) is 11.6 Å². The summed E-state index contributed by atoms with van der Waals surface area (Å²) < 4.78 is 0.937. The number of carboxylic acids is 1. The normalized spacial score (nSPS) is 25.2. The number of carbonyl (C=O) groups is 1. The fraction of sp³-hybridized carbons (Fsp3) is 0.240. The van der Waals surface area contributed by atoms with Gasteiger partial charge in [-0.05, 0) is 47.7 Å². The summed E-state index contributed by atoms with van der Waals surface area (Å²) >= 11 is 12.1. The summed E-state index contributed by atoms with van der Waals surface area (Å²) in [5, 5.41) is 24.5. The lowest BCUT2D eigenvalue weighted by atomic mass is 9.76. The topological polar surface area (TPSA) is 92.5 Å². The quantitative estimate of drug-likeness (QED) is 0.197. The van der Waals surface area contributed by atoms with Crippen LogP contribution in [0.5, 0.6) is 0 Å². The summed E-state index contributed by atoms with van der Waals surface area (Å²) in [6.45, 7) is 0. The predicted octanol–water partition coefficient (Wildman–Crippen LogP) is 7.09. The van der Waals surface area contributed by atoms with Gasteiger partial charge >= 0.3 is 5.97 Å². The predicted molar refractivity (Wildman–Crippen MR) is 137 cm³/mol. The summed E-state index contributed by atoms with van der Waals surface area (Å²) in [6, 6.07) is 19.8. The van der Waals surface area contributed by atoms with Crippen LogP contribution in [0.1, 0.15) is 39.9 Å². The number of halogens is 2. The lowest BCUT2D eigenvalue weighted by Crippen LogP contribution is -2.32. The Balaban J connectivity index is 1.58. The minimum Gasteiger partial charge on any atom is -0.478 e. The van der Waals surface area contributed by atoms with E-state index in [0.29, 0.717) is 10.6 Å². The van der Waals surface area contributed by atoms with Gasteiger partial charge in [0.1, 0.15) is 0 Å². The molecular weight excluding hydrogens is 540 g/mol. The van der Waals surface area contributed by atoms with Crippen LogP contribution < -0.4 is 5.32 Å². The third kappa shape index (κ3) is 4.08. The van der Waals surface area contributed by atoms with E-state index in [0.717, 1.165) is 22.0 Å². The van der Waals surface area contributed by atoms with E-state index in [1.54, 1.807) is 30.3 Å². The van der Waals surface area contributed by atoms with Gasteiger partial charge in [0, 0.05) is 21.7 Å². The van der Waals surface area contributed by atoms with Crippen molar-refractivity contribution in [3.05, 3.63) is 98.0 Å². The number of rotatable bonds is 5.